The van der Waals surface area contributed by atoms with Crippen LogP contribution in [-0.4, -0.2) is 23.9 Å². The molecule has 2 amide bonds. The first-order valence-corrected chi connectivity index (χ1v) is 11.2. The lowest BCUT2D eigenvalue weighted by Crippen LogP contribution is -2.22. The summed E-state index contributed by atoms with van der Waals surface area (Å²) in [6.07, 6.45) is 0.253. The van der Waals surface area contributed by atoms with Crippen molar-refractivity contribution in [2.24, 2.45) is 0 Å². The van der Waals surface area contributed by atoms with Crippen LogP contribution in [0.3, 0.4) is 0 Å². The Bertz CT molecular complexity index is 1140. The quantitative estimate of drug-likeness (QED) is 0.456. The number of anilines is 2. The number of thioether (sulfide) groups is 1. The highest BCUT2D eigenvalue weighted by Gasteiger charge is 2.18. The fourth-order valence-corrected chi connectivity index (χ4v) is 4.17. The summed E-state index contributed by atoms with van der Waals surface area (Å²) < 4.78 is 10.6. The second-order valence-corrected chi connectivity index (χ2v) is 9.05. The zero-order valence-corrected chi connectivity index (χ0v) is 18.8. The fourth-order valence-electron chi connectivity index (χ4n) is 3.12. The van der Waals surface area contributed by atoms with E-state index in [-0.39, 0.29) is 30.3 Å². The second kappa shape index (κ2) is 9.97. The van der Waals surface area contributed by atoms with Gasteiger partial charge in [0.15, 0.2) is 11.5 Å². The summed E-state index contributed by atoms with van der Waals surface area (Å²) in [5.74, 6) is 1.03. The van der Waals surface area contributed by atoms with Crippen molar-refractivity contribution < 1.29 is 19.1 Å². The van der Waals surface area contributed by atoms with Crippen LogP contribution in [0, 0.1) is 0 Å². The number of ether oxygens (including phenoxy) is 2. The first-order chi connectivity index (χ1) is 15.5. The van der Waals surface area contributed by atoms with Crippen molar-refractivity contribution in [3.8, 4) is 11.5 Å². The second-order valence-electron chi connectivity index (χ2n) is 7.20. The molecule has 2 N–H and O–H groups in total. The van der Waals surface area contributed by atoms with Gasteiger partial charge in [-0.3, -0.25) is 9.59 Å². The van der Waals surface area contributed by atoms with E-state index >= 15 is 0 Å². The molecular weight excluding hydrogens is 448 g/mol. The first kappa shape index (κ1) is 22.0. The highest BCUT2D eigenvalue weighted by molar-refractivity contribution is 8.00. The number of halogens is 1. The minimum atomic E-state index is -0.347. The van der Waals surface area contributed by atoms with Gasteiger partial charge in [-0.1, -0.05) is 29.8 Å². The number of hydrogen-bond donors (Lipinski definition) is 2. The maximum absolute atomic E-state index is 12.6. The molecule has 1 aliphatic heterocycles. The molecule has 8 heteroatoms. The van der Waals surface area contributed by atoms with Gasteiger partial charge in [0, 0.05) is 27.4 Å². The number of carbonyl (C=O) groups excluding carboxylic acids is 2. The van der Waals surface area contributed by atoms with Crippen LogP contribution in [0.1, 0.15) is 12.5 Å². The van der Waals surface area contributed by atoms with E-state index in [1.54, 1.807) is 30.3 Å². The molecular formula is C24H21ClN2O4S. The maximum atomic E-state index is 12.6. The summed E-state index contributed by atoms with van der Waals surface area (Å²) in [7, 11) is 0. The molecule has 0 aliphatic carbocycles. The Morgan fingerprint density at radius 2 is 1.72 bits per heavy atom. The Morgan fingerprint density at radius 1 is 0.969 bits per heavy atom. The molecule has 0 radical (unpaired) electrons. The lowest BCUT2D eigenvalue weighted by molar-refractivity contribution is -0.116. The van der Waals surface area contributed by atoms with E-state index in [9.17, 15) is 9.59 Å². The number of benzene rings is 3. The first-order valence-electron chi connectivity index (χ1n) is 9.98. The Hall–Kier alpha value is -3.16. The Labute approximate surface area is 195 Å². The highest BCUT2D eigenvalue weighted by atomic mass is 35.5. The van der Waals surface area contributed by atoms with Gasteiger partial charge in [-0.15, -0.1) is 11.8 Å². The number of nitrogens with one attached hydrogen (secondary N) is 2. The van der Waals surface area contributed by atoms with Crippen LogP contribution >= 0.6 is 23.4 Å². The van der Waals surface area contributed by atoms with Gasteiger partial charge in [0.25, 0.3) is 0 Å². The highest BCUT2D eigenvalue weighted by Crippen LogP contribution is 2.34. The standard InChI is InChI=1S/C24H21ClN2O4S/c1-15(24(29)27-19-9-10-21-22(13-19)31-14-30-21)32-20-4-2-3-18(12-20)26-23(28)11-16-5-7-17(25)8-6-16/h2-10,12-13,15H,11,14H2,1H3,(H,26,28)(H,27,29). The van der Waals surface area contributed by atoms with Crippen molar-refractivity contribution in [3.05, 3.63) is 77.3 Å². The molecule has 1 heterocycles. The van der Waals surface area contributed by atoms with E-state index in [1.807, 2.05) is 43.3 Å². The van der Waals surface area contributed by atoms with Crippen LogP contribution in [0.2, 0.25) is 5.02 Å². The van der Waals surface area contributed by atoms with E-state index in [2.05, 4.69) is 10.6 Å². The smallest absolute Gasteiger partial charge is 0.237 e. The van der Waals surface area contributed by atoms with Crippen LogP contribution in [0.15, 0.2) is 71.6 Å². The van der Waals surface area contributed by atoms with Crippen molar-refractivity contribution in [2.75, 3.05) is 17.4 Å². The summed E-state index contributed by atoms with van der Waals surface area (Å²) in [6.45, 7) is 2.02. The molecule has 0 fully saturated rings. The van der Waals surface area contributed by atoms with Gasteiger partial charge in [0.2, 0.25) is 18.6 Å². The van der Waals surface area contributed by atoms with Crippen molar-refractivity contribution >= 4 is 46.6 Å². The molecule has 1 atom stereocenters. The van der Waals surface area contributed by atoms with E-state index in [4.69, 9.17) is 21.1 Å². The molecule has 4 rings (SSSR count). The molecule has 32 heavy (non-hydrogen) atoms. The van der Waals surface area contributed by atoms with Gasteiger partial charge in [-0.05, 0) is 55.0 Å². The van der Waals surface area contributed by atoms with E-state index < -0.39 is 0 Å². The van der Waals surface area contributed by atoms with Gasteiger partial charge in [-0.2, -0.15) is 0 Å². The predicted molar refractivity (Wildman–Crippen MR) is 127 cm³/mol. The molecule has 3 aromatic carbocycles. The van der Waals surface area contributed by atoms with Gasteiger partial charge < -0.3 is 20.1 Å². The fraction of sp³-hybridized carbons (Fsp3) is 0.167. The summed E-state index contributed by atoms with van der Waals surface area (Å²) in [4.78, 5) is 25.9. The van der Waals surface area contributed by atoms with Crippen molar-refractivity contribution in [1.29, 1.82) is 0 Å². The van der Waals surface area contributed by atoms with Crippen molar-refractivity contribution in [3.63, 3.8) is 0 Å². The molecule has 1 unspecified atom stereocenters. The lowest BCUT2D eigenvalue weighted by atomic mass is 10.1. The number of rotatable bonds is 7. The SMILES string of the molecule is CC(Sc1cccc(NC(=O)Cc2ccc(Cl)cc2)c1)C(=O)Nc1ccc2c(c1)OCO2. The molecule has 0 aromatic heterocycles. The summed E-state index contributed by atoms with van der Waals surface area (Å²) in [5, 5.41) is 6.08. The maximum Gasteiger partial charge on any atom is 0.237 e. The zero-order valence-electron chi connectivity index (χ0n) is 17.3. The molecule has 0 saturated carbocycles. The summed E-state index contributed by atoms with van der Waals surface area (Å²) in [6, 6.07) is 19.9. The third-order valence-corrected chi connectivity index (χ3v) is 6.06. The van der Waals surface area contributed by atoms with Crippen LogP contribution in [0.4, 0.5) is 11.4 Å². The Balaban J connectivity index is 1.32. The minimum absolute atomic E-state index is 0.122. The lowest BCUT2D eigenvalue weighted by Gasteiger charge is -2.13. The molecule has 0 spiro atoms. The molecule has 0 bridgehead atoms. The van der Waals surface area contributed by atoms with Gasteiger partial charge >= 0.3 is 0 Å². The molecule has 6 nitrogen and oxygen atoms in total. The third-order valence-electron chi connectivity index (χ3n) is 4.72. The molecule has 3 aromatic rings. The third kappa shape index (κ3) is 5.75. The van der Waals surface area contributed by atoms with E-state index in [1.165, 1.54) is 11.8 Å². The normalized spacial score (nSPS) is 12.8. The van der Waals surface area contributed by atoms with Gasteiger partial charge in [0.1, 0.15) is 0 Å². The molecule has 1 aliphatic rings. The average molecular weight is 469 g/mol. The summed E-state index contributed by atoms with van der Waals surface area (Å²) >= 11 is 7.29. The number of hydrogen-bond acceptors (Lipinski definition) is 5. The van der Waals surface area contributed by atoms with Crippen LogP contribution < -0.4 is 20.1 Å². The average Bonchev–Trinajstić information content (AvgIpc) is 3.23. The summed E-state index contributed by atoms with van der Waals surface area (Å²) in [5.41, 5.74) is 2.21. The number of carbonyl (C=O) groups is 2. The topological polar surface area (TPSA) is 76.7 Å². The van der Waals surface area contributed by atoms with Gasteiger partial charge in [0.05, 0.1) is 11.7 Å². The Morgan fingerprint density at radius 3 is 2.53 bits per heavy atom. The minimum Gasteiger partial charge on any atom is -0.454 e. The monoisotopic (exact) mass is 468 g/mol. The Kier molecular flexibility index (Phi) is 6.87. The van der Waals surface area contributed by atoms with Crippen molar-refractivity contribution in [2.45, 2.75) is 23.5 Å². The van der Waals surface area contributed by atoms with Crippen molar-refractivity contribution in [1.82, 2.24) is 0 Å². The zero-order chi connectivity index (χ0) is 22.5. The predicted octanol–water partition coefficient (Wildman–Crippen LogP) is 5.37. The van der Waals surface area contributed by atoms with E-state index in [0.717, 1.165) is 10.5 Å². The molecule has 0 saturated heterocycles. The largest absolute Gasteiger partial charge is 0.454 e. The van der Waals surface area contributed by atoms with Crippen LogP contribution in [-0.2, 0) is 16.0 Å². The van der Waals surface area contributed by atoms with E-state index in [0.29, 0.717) is 27.9 Å². The number of amides is 2. The van der Waals surface area contributed by atoms with Crippen LogP contribution in [0.25, 0.3) is 0 Å². The number of fused-ring (bicyclic) bond motifs is 1. The molecule has 164 valence electrons. The van der Waals surface area contributed by atoms with Crippen LogP contribution in [0.5, 0.6) is 11.5 Å². The van der Waals surface area contributed by atoms with Gasteiger partial charge in [-0.25, -0.2) is 0 Å².